The van der Waals surface area contributed by atoms with Crippen LogP contribution in [-0.2, 0) is 9.59 Å². The Balaban J connectivity index is 1.76. The number of nitrogens with one attached hydrogen (secondary N) is 3. The first-order valence-corrected chi connectivity index (χ1v) is 8.05. The Morgan fingerprint density at radius 2 is 2.09 bits per heavy atom. The Hall–Kier alpha value is -1.92. The van der Waals surface area contributed by atoms with Gasteiger partial charge in [0.1, 0.15) is 12.2 Å². The van der Waals surface area contributed by atoms with Gasteiger partial charge in [-0.05, 0) is 26.2 Å². The minimum Gasteiger partial charge on any atom is -0.353 e. The molecule has 1 aromatic heterocycles. The number of carbonyl (C=O) groups excluding carboxylic acids is 2. The highest BCUT2D eigenvalue weighted by Gasteiger charge is 2.24. The van der Waals surface area contributed by atoms with Crippen LogP contribution in [-0.4, -0.2) is 33.0 Å². The minimum atomic E-state index is -0.173. The Morgan fingerprint density at radius 3 is 2.68 bits per heavy atom. The number of aromatic amines is 1. The fraction of sp³-hybridized carbons (Fsp3) is 0.733. The van der Waals surface area contributed by atoms with Gasteiger partial charge in [0.25, 0.3) is 0 Å². The average molecular weight is 307 g/mol. The third-order valence-corrected chi connectivity index (χ3v) is 4.11. The molecule has 0 aromatic carbocycles. The van der Waals surface area contributed by atoms with Crippen LogP contribution in [0.4, 0.5) is 0 Å². The van der Waals surface area contributed by atoms with Crippen LogP contribution < -0.4 is 10.6 Å². The van der Waals surface area contributed by atoms with E-state index in [1.165, 1.54) is 6.33 Å². The SMILES string of the molecule is CC[C@@H](NC(=O)C[C@H](C)NC(=O)C1CCCC1)c1ncn[nH]1. The lowest BCUT2D eigenvalue weighted by Gasteiger charge is -2.19. The van der Waals surface area contributed by atoms with Crippen LogP contribution in [0.2, 0.25) is 0 Å². The van der Waals surface area contributed by atoms with Crippen LogP contribution in [0.1, 0.15) is 64.2 Å². The summed E-state index contributed by atoms with van der Waals surface area (Å²) in [5.74, 6) is 0.768. The van der Waals surface area contributed by atoms with Gasteiger partial charge in [0.2, 0.25) is 11.8 Å². The van der Waals surface area contributed by atoms with Crippen LogP contribution in [0, 0.1) is 5.92 Å². The second-order valence-electron chi connectivity index (χ2n) is 5.99. The Kier molecular flexibility index (Phi) is 5.91. The Labute approximate surface area is 130 Å². The van der Waals surface area contributed by atoms with Crippen molar-refractivity contribution in [3.05, 3.63) is 12.2 Å². The van der Waals surface area contributed by atoms with Crippen molar-refractivity contribution in [2.75, 3.05) is 0 Å². The zero-order valence-electron chi connectivity index (χ0n) is 13.3. The molecule has 1 aliphatic rings. The van der Waals surface area contributed by atoms with Gasteiger partial charge in [0.05, 0.1) is 6.04 Å². The molecule has 1 saturated carbocycles. The van der Waals surface area contributed by atoms with Crippen molar-refractivity contribution in [3.63, 3.8) is 0 Å². The van der Waals surface area contributed by atoms with Gasteiger partial charge in [0.15, 0.2) is 0 Å². The van der Waals surface area contributed by atoms with E-state index in [9.17, 15) is 9.59 Å². The first kappa shape index (κ1) is 16.5. The topological polar surface area (TPSA) is 99.8 Å². The van der Waals surface area contributed by atoms with Crippen LogP contribution in [0.15, 0.2) is 6.33 Å². The van der Waals surface area contributed by atoms with Crippen molar-refractivity contribution in [3.8, 4) is 0 Å². The summed E-state index contributed by atoms with van der Waals surface area (Å²) in [6.45, 7) is 3.83. The molecule has 1 fully saturated rings. The molecule has 1 aromatic rings. The predicted molar refractivity (Wildman–Crippen MR) is 81.7 cm³/mol. The van der Waals surface area contributed by atoms with Crippen LogP contribution in [0.25, 0.3) is 0 Å². The number of nitrogens with zero attached hydrogens (tertiary/aromatic N) is 2. The molecule has 7 nitrogen and oxygen atoms in total. The lowest BCUT2D eigenvalue weighted by Crippen LogP contribution is -2.40. The number of aromatic nitrogens is 3. The van der Waals surface area contributed by atoms with Crippen molar-refractivity contribution >= 4 is 11.8 Å². The van der Waals surface area contributed by atoms with E-state index in [2.05, 4.69) is 25.8 Å². The standard InChI is InChI=1S/C15H25N5O2/c1-3-12(14-16-9-17-20-14)19-13(21)8-10(2)18-15(22)11-6-4-5-7-11/h9-12H,3-8H2,1-2H3,(H,18,22)(H,19,21)(H,16,17,20)/t10-,12+/m0/s1. The van der Waals surface area contributed by atoms with Crippen molar-refractivity contribution in [1.82, 2.24) is 25.8 Å². The summed E-state index contributed by atoms with van der Waals surface area (Å²) < 4.78 is 0. The van der Waals surface area contributed by atoms with Crippen LogP contribution in [0.5, 0.6) is 0 Å². The minimum absolute atomic E-state index is 0.0834. The molecule has 0 saturated heterocycles. The van der Waals surface area contributed by atoms with Gasteiger partial charge in [-0.25, -0.2) is 4.98 Å². The van der Waals surface area contributed by atoms with Crippen LogP contribution >= 0.6 is 0 Å². The molecule has 0 radical (unpaired) electrons. The molecular weight excluding hydrogens is 282 g/mol. The summed E-state index contributed by atoms with van der Waals surface area (Å²) in [7, 11) is 0. The van der Waals surface area contributed by atoms with Gasteiger partial charge in [-0.15, -0.1) is 0 Å². The molecule has 2 atom stereocenters. The Morgan fingerprint density at radius 1 is 1.36 bits per heavy atom. The number of H-pyrrole nitrogens is 1. The largest absolute Gasteiger partial charge is 0.353 e. The molecule has 0 spiro atoms. The molecule has 1 heterocycles. The highest BCUT2D eigenvalue weighted by atomic mass is 16.2. The summed E-state index contributed by atoms with van der Waals surface area (Å²) in [5.41, 5.74) is 0. The third kappa shape index (κ3) is 4.54. The molecule has 2 amide bonds. The van der Waals surface area contributed by atoms with E-state index in [0.29, 0.717) is 5.82 Å². The van der Waals surface area contributed by atoms with E-state index in [1.54, 1.807) is 0 Å². The summed E-state index contributed by atoms with van der Waals surface area (Å²) in [6, 6.07) is -0.340. The molecule has 3 N–H and O–H groups in total. The van der Waals surface area contributed by atoms with Crippen molar-refractivity contribution in [2.24, 2.45) is 5.92 Å². The number of hydrogen-bond acceptors (Lipinski definition) is 4. The van der Waals surface area contributed by atoms with Gasteiger partial charge in [0, 0.05) is 18.4 Å². The fourth-order valence-electron chi connectivity index (χ4n) is 2.88. The smallest absolute Gasteiger partial charge is 0.223 e. The second-order valence-corrected chi connectivity index (χ2v) is 5.99. The Bertz CT molecular complexity index is 482. The predicted octanol–water partition coefficient (Wildman–Crippen LogP) is 1.46. The van der Waals surface area contributed by atoms with Gasteiger partial charge < -0.3 is 10.6 Å². The van der Waals surface area contributed by atoms with E-state index < -0.39 is 0 Å². The number of amides is 2. The maximum Gasteiger partial charge on any atom is 0.223 e. The van der Waals surface area contributed by atoms with E-state index >= 15 is 0 Å². The van der Waals surface area contributed by atoms with Crippen LogP contribution in [0.3, 0.4) is 0 Å². The fourth-order valence-corrected chi connectivity index (χ4v) is 2.88. The molecule has 1 aliphatic carbocycles. The zero-order valence-corrected chi connectivity index (χ0v) is 13.3. The highest BCUT2D eigenvalue weighted by Crippen LogP contribution is 2.24. The average Bonchev–Trinajstić information content (AvgIpc) is 3.17. The maximum atomic E-state index is 12.1. The van der Waals surface area contributed by atoms with Gasteiger partial charge in [-0.1, -0.05) is 19.8 Å². The quantitative estimate of drug-likeness (QED) is 0.710. The second kappa shape index (κ2) is 7.91. The monoisotopic (exact) mass is 307 g/mol. The van der Waals surface area contributed by atoms with Crippen molar-refractivity contribution in [1.29, 1.82) is 0 Å². The van der Waals surface area contributed by atoms with Gasteiger partial charge in [-0.3, -0.25) is 14.7 Å². The summed E-state index contributed by atoms with van der Waals surface area (Å²) in [5, 5.41) is 12.4. The molecule has 2 rings (SSSR count). The third-order valence-electron chi connectivity index (χ3n) is 4.11. The number of carbonyl (C=O) groups is 2. The normalized spacial score (nSPS) is 17.9. The lowest BCUT2D eigenvalue weighted by molar-refractivity contribution is -0.126. The highest BCUT2D eigenvalue weighted by molar-refractivity contribution is 5.81. The van der Waals surface area contributed by atoms with Crippen molar-refractivity contribution < 1.29 is 9.59 Å². The molecule has 0 bridgehead atoms. The number of rotatable bonds is 7. The first-order valence-electron chi connectivity index (χ1n) is 8.05. The first-order chi connectivity index (χ1) is 10.6. The van der Waals surface area contributed by atoms with Gasteiger partial charge >= 0.3 is 0 Å². The van der Waals surface area contributed by atoms with E-state index in [0.717, 1.165) is 32.1 Å². The summed E-state index contributed by atoms with van der Waals surface area (Å²) in [6.07, 6.45) is 6.61. The van der Waals surface area contributed by atoms with E-state index in [4.69, 9.17) is 0 Å². The van der Waals surface area contributed by atoms with E-state index in [1.807, 2.05) is 13.8 Å². The number of hydrogen-bond donors (Lipinski definition) is 3. The summed E-state index contributed by atoms with van der Waals surface area (Å²) >= 11 is 0. The molecular formula is C15H25N5O2. The molecule has 22 heavy (non-hydrogen) atoms. The molecule has 0 unspecified atom stereocenters. The lowest BCUT2D eigenvalue weighted by atomic mass is 10.1. The van der Waals surface area contributed by atoms with Gasteiger partial charge in [-0.2, -0.15) is 5.10 Å². The maximum absolute atomic E-state index is 12.1. The van der Waals surface area contributed by atoms with E-state index in [-0.39, 0.29) is 36.2 Å². The summed E-state index contributed by atoms with van der Waals surface area (Å²) in [4.78, 5) is 28.2. The molecule has 0 aliphatic heterocycles. The zero-order chi connectivity index (χ0) is 15.9. The van der Waals surface area contributed by atoms with Crippen molar-refractivity contribution in [2.45, 2.75) is 64.5 Å². The molecule has 7 heteroatoms. The molecule has 122 valence electrons.